The van der Waals surface area contributed by atoms with Gasteiger partial charge in [0.25, 0.3) is 11.6 Å². The van der Waals surface area contributed by atoms with Crippen LogP contribution >= 0.6 is 11.6 Å². The summed E-state index contributed by atoms with van der Waals surface area (Å²) in [6.07, 6.45) is 1.62. The van der Waals surface area contributed by atoms with E-state index in [-0.39, 0.29) is 28.2 Å². The molecule has 0 aromatic heterocycles. The van der Waals surface area contributed by atoms with Crippen molar-refractivity contribution in [3.05, 3.63) is 74.8 Å². The van der Waals surface area contributed by atoms with Gasteiger partial charge in [-0.05, 0) is 30.5 Å². The van der Waals surface area contributed by atoms with Crippen molar-refractivity contribution in [1.82, 2.24) is 4.90 Å². The van der Waals surface area contributed by atoms with E-state index in [1.165, 1.54) is 18.2 Å². The van der Waals surface area contributed by atoms with Gasteiger partial charge in [0.15, 0.2) is 0 Å². The predicted octanol–water partition coefficient (Wildman–Crippen LogP) is 5.08. The van der Waals surface area contributed by atoms with Crippen LogP contribution in [0.5, 0.6) is 0 Å². The molecule has 0 aliphatic rings. The summed E-state index contributed by atoms with van der Waals surface area (Å²) in [7, 11) is 0. The van der Waals surface area contributed by atoms with Crippen LogP contribution in [0.1, 0.15) is 42.6 Å². The molecular formula is C19H21ClN2O3. The molecule has 0 N–H and O–H groups in total. The Morgan fingerprint density at radius 3 is 2.36 bits per heavy atom. The van der Waals surface area contributed by atoms with Gasteiger partial charge in [-0.15, -0.1) is 0 Å². The lowest BCUT2D eigenvalue weighted by Crippen LogP contribution is -2.39. The van der Waals surface area contributed by atoms with Crippen molar-refractivity contribution < 1.29 is 9.72 Å². The molecular weight excluding hydrogens is 340 g/mol. The fourth-order valence-electron chi connectivity index (χ4n) is 2.83. The maximum atomic E-state index is 13.1. The van der Waals surface area contributed by atoms with E-state index in [1.54, 1.807) is 4.90 Å². The van der Waals surface area contributed by atoms with Gasteiger partial charge >= 0.3 is 0 Å². The number of rotatable bonds is 7. The molecule has 2 aromatic rings. The highest BCUT2D eigenvalue weighted by Gasteiger charge is 2.25. The summed E-state index contributed by atoms with van der Waals surface area (Å²) in [5.74, 6) is -0.225. The van der Waals surface area contributed by atoms with Gasteiger partial charge in [0.1, 0.15) is 5.02 Å². The van der Waals surface area contributed by atoms with Crippen molar-refractivity contribution >= 4 is 23.2 Å². The van der Waals surface area contributed by atoms with E-state index in [2.05, 4.69) is 0 Å². The Bertz CT molecular complexity index is 746. The first-order chi connectivity index (χ1) is 12.0. The van der Waals surface area contributed by atoms with Crippen LogP contribution in [0.4, 0.5) is 5.69 Å². The van der Waals surface area contributed by atoms with E-state index in [9.17, 15) is 14.9 Å². The van der Waals surface area contributed by atoms with Crippen LogP contribution in [0.2, 0.25) is 5.02 Å². The number of hydrogen-bond acceptors (Lipinski definition) is 3. The zero-order valence-electron chi connectivity index (χ0n) is 14.3. The molecule has 25 heavy (non-hydrogen) atoms. The number of amides is 1. The molecule has 0 aliphatic carbocycles. The van der Waals surface area contributed by atoms with E-state index in [0.29, 0.717) is 6.54 Å². The van der Waals surface area contributed by atoms with Gasteiger partial charge in [-0.2, -0.15) is 0 Å². The van der Waals surface area contributed by atoms with E-state index >= 15 is 0 Å². The number of hydrogen-bond donors (Lipinski definition) is 0. The molecule has 0 fully saturated rings. The lowest BCUT2D eigenvalue weighted by molar-refractivity contribution is -0.384. The first kappa shape index (κ1) is 18.9. The smallest absolute Gasteiger partial charge is 0.288 e. The molecule has 0 saturated heterocycles. The van der Waals surface area contributed by atoms with Crippen molar-refractivity contribution in [3.8, 4) is 0 Å². The number of carbonyl (C=O) groups excluding carboxylic acids is 1. The quantitative estimate of drug-likeness (QED) is 0.511. The summed E-state index contributed by atoms with van der Waals surface area (Å²) in [4.78, 5) is 25.4. The van der Waals surface area contributed by atoms with Crippen LogP contribution in [-0.2, 0) is 6.54 Å². The van der Waals surface area contributed by atoms with Crippen LogP contribution in [0.25, 0.3) is 0 Å². The van der Waals surface area contributed by atoms with Gasteiger partial charge in [0.05, 0.1) is 4.92 Å². The summed E-state index contributed by atoms with van der Waals surface area (Å²) in [5.41, 5.74) is 1.04. The first-order valence-electron chi connectivity index (χ1n) is 8.26. The number of halogens is 1. The zero-order valence-corrected chi connectivity index (χ0v) is 15.1. The largest absolute Gasteiger partial charge is 0.331 e. The molecule has 5 nitrogen and oxygen atoms in total. The van der Waals surface area contributed by atoms with Gasteiger partial charge in [-0.3, -0.25) is 14.9 Å². The monoisotopic (exact) mass is 360 g/mol. The lowest BCUT2D eigenvalue weighted by Gasteiger charge is -2.31. The Morgan fingerprint density at radius 1 is 1.16 bits per heavy atom. The molecule has 2 rings (SSSR count). The molecule has 0 heterocycles. The molecule has 0 spiro atoms. The van der Waals surface area contributed by atoms with E-state index in [4.69, 9.17) is 11.6 Å². The van der Waals surface area contributed by atoms with Crippen molar-refractivity contribution in [2.75, 3.05) is 0 Å². The molecule has 132 valence electrons. The van der Waals surface area contributed by atoms with Gasteiger partial charge in [0, 0.05) is 24.2 Å². The average molecular weight is 361 g/mol. The van der Waals surface area contributed by atoms with E-state index in [1.807, 2.05) is 44.2 Å². The van der Waals surface area contributed by atoms with Gasteiger partial charge < -0.3 is 4.90 Å². The minimum atomic E-state index is -0.572. The Balaban J connectivity index is 2.38. The second-order valence-corrected chi connectivity index (χ2v) is 6.22. The SMILES string of the molecule is CCC(CC)N(Cc1ccccc1)C(=O)c1ccc(Cl)c([N+](=O)[O-])c1. The van der Waals surface area contributed by atoms with Crippen molar-refractivity contribution in [2.45, 2.75) is 39.3 Å². The summed E-state index contributed by atoms with van der Waals surface area (Å²) in [6, 6.07) is 14.0. The highest BCUT2D eigenvalue weighted by Crippen LogP contribution is 2.27. The lowest BCUT2D eigenvalue weighted by atomic mass is 10.1. The minimum absolute atomic E-state index is 0.0266. The third-order valence-electron chi connectivity index (χ3n) is 4.23. The second-order valence-electron chi connectivity index (χ2n) is 5.81. The van der Waals surface area contributed by atoms with Crippen molar-refractivity contribution in [2.24, 2.45) is 0 Å². The molecule has 0 atom stereocenters. The summed E-state index contributed by atoms with van der Waals surface area (Å²) in [5, 5.41) is 11.1. The third kappa shape index (κ3) is 4.57. The first-order valence-corrected chi connectivity index (χ1v) is 8.64. The molecule has 2 aromatic carbocycles. The zero-order chi connectivity index (χ0) is 18.4. The second kappa shape index (κ2) is 8.62. The number of nitro benzene ring substituents is 1. The summed E-state index contributed by atoms with van der Waals surface area (Å²) >= 11 is 5.86. The van der Waals surface area contributed by atoms with Crippen molar-refractivity contribution in [1.29, 1.82) is 0 Å². The standard InChI is InChI=1S/C19H21ClN2O3/c1-3-16(4-2)21(13-14-8-6-5-7-9-14)19(23)15-10-11-17(20)18(12-15)22(24)25/h5-12,16H,3-4,13H2,1-2H3. The van der Waals surface area contributed by atoms with Crippen LogP contribution in [0, 0.1) is 10.1 Å². The molecule has 0 aliphatic heterocycles. The van der Waals surface area contributed by atoms with E-state index in [0.717, 1.165) is 18.4 Å². The topological polar surface area (TPSA) is 63.5 Å². The third-order valence-corrected chi connectivity index (χ3v) is 4.55. The number of nitro groups is 1. The van der Waals surface area contributed by atoms with Crippen LogP contribution in [0.15, 0.2) is 48.5 Å². The highest BCUT2D eigenvalue weighted by molar-refractivity contribution is 6.32. The number of carbonyl (C=O) groups is 1. The fraction of sp³-hybridized carbons (Fsp3) is 0.316. The van der Waals surface area contributed by atoms with Crippen LogP contribution in [0.3, 0.4) is 0 Å². The predicted molar refractivity (Wildman–Crippen MR) is 98.8 cm³/mol. The normalized spacial score (nSPS) is 10.7. The fourth-order valence-corrected chi connectivity index (χ4v) is 3.01. The molecule has 0 saturated carbocycles. The molecule has 0 unspecified atom stereocenters. The molecule has 0 radical (unpaired) electrons. The Hall–Kier alpha value is -2.40. The molecule has 6 heteroatoms. The molecule has 0 bridgehead atoms. The minimum Gasteiger partial charge on any atom is -0.331 e. The van der Waals surface area contributed by atoms with Gasteiger partial charge in [0.2, 0.25) is 0 Å². The number of nitrogens with zero attached hydrogens (tertiary/aromatic N) is 2. The Morgan fingerprint density at radius 2 is 1.80 bits per heavy atom. The number of benzene rings is 2. The summed E-state index contributed by atoms with van der Waals surface area (Å²) < 4.78 is 0. The van der Waals surface area contributed by atoms with Gasteiger partial charge in [-0.1, -0.05) is 55.8 Å². The van der Waals surface area contributed by atoms with Crippen LogP contribution < -0.4 is 0 Å². The average Bonchev–Trinajstić information content (AvgIpc) is 2.62. The Kier molecular flexibility index (Phi) is 6.53. The van der Waals surface area contributed by atoms with E-state index < -0.39 is 4.92 Å². The maximum absolute atomic E-state index is 13.1. The molecule has 1 amide bonds. The Labute approximate surface area is 152 Å². The highest BCUT2D eigenvalue weighted by atomic mass is 35.5. The summed E-state index contributed by atoms with van der Waals surface area (Å²) in [6.45, 7) is 4.52. The maximum Gasteiger partial charge on any atom is 0.288 e. The van der Waals surface area contributed by atoms with Crippen molar-refractivity contribution in [3.63, 3.8) is 0 Å². The van der Waals surface area contributed by atoms with Gasteiger partial charge in [-0.25, -0.2) is 0 Å². The van der Waals surface area contributed by atoms with Crippen LogP contribution in [-0.4, -0.2) is 21.8 Å².